The molecule has 2 heterocycles. The van der Waals surface area contributed by atoms with E-state index >= 15 is 0 Å². The molecule has 178 valence electrons. The number of Topliss-reactive ketones (excluding diaryl/α,β-unsaturated/α-hetero) is 1. The molecule has 0 aromatic carbocycles. The van der Waals surface area contributed by atoms with Crippen molar-refractivity contribution in [1.29, 1.82) is 0 Å². The number of carbonyl (C=O) groups is 4. The number of rotatable bonds is 10. The fourth-order valence-electron chi connectivity index (χ4n) is 4.41. The first-order chi connectivity index (χ1) is 15.0. The van der Waals surface area contributed by atoms with Gasteiger partial charge in [0.1, 0.15) is 12.6 Å². The molecular weight excluding hydrogens is 431 g/mol. The van der Waals surface area contributed by atoms with Crippen molar-refractivity contribution in [2.45, 2.75) is 63.4 Å². The van der Waals surface area contributed by atoms with Crippen LogP contribution in [0.15, 0.2) is 12.7 Å². The van der Waals surface area contributed by atoms with Gasteiger partial charge >= 0.3 is 6.36 Å². The monoisotopic (exact) mass is 459 g/mol. The maximum absolute atomic E-state index is 13.1. The van der Waals surface area contributed by atoms with Crippen LogP contribution in [0.2, 0.25) is 0 Å². The van der Waals surface area contributed by atoms with Gasteiger partial charge in [-0.2, -0.15) is 0 Å². The molecule has 1 unspecified atom stereocenters. The van der Waals surface area contributed by atoms with Gasteiger partial charge in [0.15, 0.2) is 5.78 Å². The Balaban J connectivity index is 1.70. The molecule has 3 amide bonds. The molecule has 3 atom stereocenters. The molecule has 2 aliphatic heterocycles. The first-order valence-electron chi connectivity index (χ1n) is 10.8. The first kappa shape index (κ1) is 24.2. The summed E-state index contributed by atoms with van der Waals surface area (Å²) in [6.45, 7) is 3.17. The summed E-state index contributed by atoms with van der Waals surface area (Å²) in [5, 5.41) is 5.12. The van der Waals surface area contributed by atoms with Crippen LogP contribution in [0.1, 0.15) is 44.9 Å². The number of alkyl halides is 3. The van der Waals surface area contributed by atoms with E-state index in [0.717, 1.165) is 12.8 Å². The van der Waals surface area contributed by atoms with E-state index in [1.807, 2.05) is 0 Å². The summed E-state index contributed by atoms with van der Waals surface area (Å²) in [4.78, 5) is 51.6. The van der Waals surface area contributed by atoms with Crippen LogP contribution in [0.3, 0.4) is 0 Å². The minimum absolute atomic E-state index is 0.101. The molecule has 3 rings (SSSR count). The lowest BCUT2D eigenvalue weighted by molar-refractivity contribution is -0.321. The second-order valence-corrected chi connectivity index (χ2v) is 8.84. The second kappa shape index (κ2) is 9.60. The Morgan fingerprint density at radius 2 is 2.06 bits per heavy atom. The number of hydrogen-bond donors (Lipinski definition) is 2. The van der Waals surface area contributed by atoms with E-state index in [1.54, 1.807) is 6.08 Å². The molecule has 2 N–H and O–H groups in total. The second-order valence-electron chi connectivity index (χ2n) is 8.84. The fraction of sp³-hybridized carbons (Fsp3) is 0.714. The van der Waals surface area contributed by atoms with Crippen molar-refractivity contribution in [1.82, 2.24) is 15.5 Å². The SMILES string of the molecule is C=CCCC(=O)N1CC2(CC2)C[C@H]1C(=O)NC(C[C@@H]1CCNC1=O)C(=O)COC(F)(F)F. The van der Waals surface area contributed by atoms with Crippen LogP contribution in [0, 0.1) is 11.3 Å². The van der Waals surface area contributed by atoms with E-state index in [2.05, 4.69) is 21.9 Å². The third kappa shape index (κ3) is 6.08. The minimum Gasteiger partial charge on any atom is -0.356 e. The maximum atomic E-state index is 13.1. The summed E-state index contributed by atoms with van der Waals surface area (Å²) in [6, 6.07) is -2.12. The van der Waals surface area contributed by atoms with E-state index in [0.29, 0.717) is 32.4 Å². The Hall–Kier alpha value is -2.43. The van der Waals surface area contributed by atoms with Gasteiger partial charge in [-0.1, -0.05) is 6.08 Å². The number of nitrogens with one attached hydrogen (secondary N) is 2. The Kier molecular flexibility index (Phi) is 7.26. The fourth-order valence-corrected chi connectivity index (χ4v) is 4.41. The number of halogens is 3. The van der Waals surface area contributed by atoms with Gasteiger partial charge < -0.3 is 15.5 Å². The molecule has 8 nitrogen and oxygen atoms in total. The number of hydrogen-bond acceptors (Lipinski definition) is 5. The molecule has 1 saturated carbocycles. The summed E-state index contributed by atoms with van der Waals surface area (Å²) >= 11 is 0. The van der Waals surface area contributed by atoms with Gasteiger partial charge in [-0.05, 0) is 43.9 Å². The Morgan fingerprint density at radius 1 is 1.34 bits per heavy atom. The lowest BCUT2D eigenvalue weighted by Gasteiger charge is -2.27. The Morgan fingerprint density at radius 3 is 2.62 bits per heavy atom. The van der Waals surface area contributed by atoms with Gasteiger partial charge in [0.05, 0.1) is 6.04 Å². The lowest BCUT2D eigenvalue weighted by Crippen LogP contribution is -2.52. The Labute approximate surface area is 183 Å². The van der Waals surface area contributed by atoms with Crippen molar-refractivity contribution in [2.75, 3.05) is 19.7 Å². The zero-order chi connectivity index (χ0) is 23.5. The summed E-state index contributed by atoms with van der Waals surface area (Å²) in [6.07, 6.45) is -0.195. The Bertz CT molecular complexity index is 781. The largest absolute Gasteiger partial charge is 0.522 e. The zero-order valence-corrected chi connectivity index (χ0v) is 17.7. The highest BCUT2D eigenvalue weighted by molar-refractivity contribution is 5.94. The number of likely N-dealkylation sites (tertiary alicyclic amines) is 1. The topological polar surface area (TPSA) is 105 Å². The highest BCUT2D eigenvalue weighted by Crippen LogP contribution is 2.55. The van der Waals surface area contributed by atoms with Crippen LogP contribution in [0.25, 0.3) is 0 Å². The van der Waals surface area contributed by atoms with Crippen LogP contribution < -0.4 is 10.6 Å². The number of ether oxygens (including phenoxy) is 1. The molecule has 0 aromatic heterocycles. The van der Waals surface area contributed by atoms with Crippen molar-refractivity contribution in [3.05, 3.63) is 12.7 Å². The predicted molar refractivity (Wildman–Crippen MR) is 106 cm³/mol. The van der Waals surface area contributed by atoms with Crippen molar-refractivity contribution in [2.24, 2.45) is 11.3 Å². The maximum Gasteiger partial charge on any atom is 0.522 e. The summed E-state index contributed by atoms with van der Waals surface area (Å²) < 4.78 is 40.9. The average molecular weight is 459 g/mol. The zero-order valence-electron chi connectivity index (χ0n) is 17.7. The molecule has 3 aliphatic rings. The number of amides is 3. The molecule has 2 saturated heterocycles. The minimum atomic E-state index is -4.99. The van der Waals surface area contributed by atoms with Gasteiger partial charge in [-0.25, -0.2) is 0 Å². The van der Waals surface area contributed by atoms with Gasteiger partial charge in [-0.3, -0.25) is 23.9 Å². The van der Waals surface area contributed by atoms with Gasteiger partial charge in [0, 0.05) is 25.4 Å². The molecule has 32 heavy (non-hydrogen) atoms. The average Bonchev–Trinajstić information content (AvgIpc) is 3.18. The van der Waals surface area contributed by atoms with E-state index in [-0.39, 0.29) is 30.1 Å². The van der Waals surface area contributed by atoms with Crippen molar-refractivity contribution in [3.63, 3.8) is 0 Å². The van der Waals surface area contributed by atoms with Crippen LogP contribution in [-0.4, -0.2) is 66.5 Å². The summed E-state index contributed by atoms with van der Waals surface area (Å²) in [7, 11) is 0. The molecule has 0 bridgehead atoms. The van der Waals surface area contributed by atoms with E-state index in [4.69, 9.17) is 0 Å². The van der Waals surface area contributed by atoms with Gasteiger partial charge in [-0.15, -0.1) is 19.8 Å². The molecule has 0 aromatic rings. The molecule has 1 aliphatic carbocycles. The standard InChI is InChI=1S/C21H28F3N3O5/c1-2-3-4-17(29)27-12-20(6-7-20)10-15(27)19(31)26-14(9-13-5-8-25-18(13)30)16(28)11-32-21(22,23)24/h2,13-15H,1,3-12H2,(H,25,30)(H,26,31)/t13-,14?,15-/m0/s1. The number of carbonyl (C=O) groups excluding carboxylic acids is 4. The normalized spacial score (nSPS) is 24.8. The van der Waals surface area contributed by atoms with Crippen LogP contribution >= 0.6 is 0 Å². The predicted octanol–water partition coefficient (Wildman–Crippen LogP) is 1.45. The van der Waals surface area contributed by atoms with Crippen LogP contribution in [0.4, 0.5) is 13.2 Å². The van der Waals surface area contributed by atoms with Crippen LogP contribution in [-0.2, 0) is 23.9 Å². The number of ketones is 1. The van der Waals surface area contributed by atoms with Gasteiger partial charge in [0.2, 0.25) is 17.7 Å². The third-order valence-electron chi connectivity index (χ3n) is 6.42. The smallest absolute Gasteiger partial charge is 0.356 e. The molecular formula is C21H28F3N3O5. The molecule has 11 heteroatoms. The van der Waals surface area contributed by atoms with Gasteiger partial charge in [0.25, 0.3) is 0 Å². The lowest BCUT2D eigenvalue weighted by atomic mass is 9.95. The molecule has 1 spiro atoms. The highest BCUT2D eigenvalue weighted by Gasteiger charge is 2.55. The van der Waals surface area contributed by atoms with E-state index < -0.39 is 42.7 Å². The van der Waals surface area contributed by atoms with Crippen molar-refractivity contribution in [3.8, 4) is 0 Å². The molecule has 0 radical (unpaired) electrons. The van der Waals surface area contributed by atoms with Crippen LogP contribution in [0.5, 0.6) is 0 Å². The summed E-state index contributed by atoms with van der Waals surface area (Å²) in [5.74, 6) is -2.68. The quantitative estimate of drug-likeness (QED) is 0.481. The van der Waals surface area contributed by atoms with E-state index in [1.165, 1.54) is 4.90 Å². The van der Waals surface area contributed by atoms with E-state index in [9.17, 15) is 32.3 Å². The summed E-state index contributed by atoms with van der Waals surface area (Å²) in [5.41, 5.74) is -0.101. The third-order valence-corrected chi connectivity index (χ3v) is 6.42. The number of nitrogens with zero attached hydrogens (tertiary/aromatic N) is 1. The highest BCUT2D eigenvalue weighted by atomic mass is 19.4. The molecule has 3 fully saturated rings. The first-order valence-corrected chi connectivity index (χ1v) is 10.8. The van der Waals surface area contributed by atoms with Crippen molar-refractivity contribution < 1.29 is 37.1 Å². The van der Waals surface area contributed by atoms with Crippen molar-refractivity contribution >= 4 is 23.5 Å². The number of allylic oxidation sites excluding steroid dienone is 1.